The summed E-state index contributed by atoms with van der Waals surface area (Å²) >= 11 is 0. The highest BCUT2D eigenvalue weighted by Gasteiger charge is 2.23. The number of anilines is 2. The second kappa shape index (κ2) is 6.18. The summed E-state index contributed by atoms with van der Waals surface area (Å²) < 4.78 is 18.9. The van der Waals surface area contributed by atoms with Crippen LogP contribution in [0.5, 0.6) is 0 Å². The van der Waals surface area contributed by atoms with Crippen molar-refractivity contribution in [1.82, 2.24) is 4.98 Å². The number of hydrogen-bond acceptors (Lipinski definition) is 3. The molecule has 0 saturated carbocycles. The summed E-state index contributed by atoms with van der Waals surface area (Å²) in [6.07, 6.45) is -0.407. The van der Waals surface area contributed by atoms with E-state index in [4.69, 9.17) is 4.74 Å². The maximum atomic E-state index is 13.9. The molecule has 26 heavy (non-hydrogen) atoms. The molecule has 2 aromatic carbocycles. The molecule has 1 aliphatic rings. The number of aryl methyl sites for hydroxylation is 1. The van der Waals surface area contributed by atoms with E-state index in [1.807, 2.05) is 6.92 Å². The van der Waals surface area contributed by atoms with Crippen LogP contribution in [0.4, 0.5) is 20.6 Å². The van der Waals surface area contributed by atoms with Crippen LogP contribution in [0.2, 0.25) is 0 Å². The molecule has 4 rings (SSSR count). The summed E-state index contributed by atoms with van der Waals surface area (Å²) in [4.78, 5) is 28.7. The number of fused-ring (bicyclic) bond motifs is 1. The van der Waals surface area contributed by atoms with Crippen LogP contribution in [0.3, 0.4) is 0 Å². The van der Waals surface area contributed by atoms with Gasteiger partial charge in [-0.25, -0.2) is 9.18 Å². The Hall–Kier alpha value is -3.35. The molecule has 2 heterocycles. The van der Waals surface area contributed by atoms with Gasteiger partial charge < -0.3 is 15.0 Å². The maximum Gasteiger partial charge on any atom is 0.414 e. The minimum Gasteiger partial charge on any atom is -0.447 e. The summed E-state index contributed by atoms with van der Waals surface area (Å²) in [5.74, 6) is -0.767. The fourth-order valence-corrected chi connectivity index (χ4v) is 3.03. The van der Waals surface area contributed by atoms with Crippen LogP contribution >= 0.6 is 0 Å². The van der Waals surface area contributed by atoms with Gasteiger partial charge in [0.15, 0.2) is 0 Å². The molecule has 0 aliphatic carbocycles. The predicted octanol–water partition coefficient (Wildman–Crippen LogP) is 3.82. The highest BCUT2D eigenvalue weighted by Crippen LogP contribution is 2.25. The Morgan fingerprint density at radius 1 is 1.27 bits per heavy atom. The van der Waals surface area contributed by atoms with Crippen LogP contribution in [0, 0.1) is 12.7 Å². The molecule has 2 N–H and O–H groups in total. The molecule has 7 heteroatoms. The molecule has 1 fully saturated rings. The Balaban J connectivity index is 1.60. The molecule has 0 spiro atoms. The van der Waals surface area contributed by atoms with Crippen LogP contribution in [0.15, 0.2) is 42.5 Å². The van der Waals surface area contributed by atoms with Crippen molar-refractivity contribution in [3.63, 3.8) is 0 Å². The molecule has 1 aromatic heterocycles. The largest absolute Gasteiger partial charge is 0.447 e. The van der Waals surface area contributed by atoms with Crippen molar-refractivity contribution >= 4 is 34.3 Å². The number of carbonyl (C=O) groups is 2. The number of amides is 2. The molecule has 0 atom stereocenters. The second-order valence-electron chi connectivity index (χ2n) is 6.11. The fraction of sp³-hybridized carbons (Fsp3) is 0.158. The lowest BCUT2D eigenvalue weighted by Gasteiger charge is -2.14. The Kier molecular flexibility index (Phi) is 3.84. The van der Waals surface area contributed by atoms with E-state index in [0.29, 0.717) is 35.4 Å². The minimum atomic E-state index is -0.407. The van der Waals surface area contributed by atoms with Crippen molar-refractivity contribution in [3.8, 4) is 0 Å². The molecule has 6 nitrogen and oxygen atoms in total. The van der Waals surface area contributed by atoms with Gasteiger partial charge in [0.05, 0.1) is 12.1 Å². The number of halogens is 1. The zero-order chi connectivity index (χ0) is 18.3. The van der Waals surface area contributed by atoms with Gasteiger partial charge in [-0.05, 0) is 42.8 Å². The fourth-order valence-electron chi connectivity index (χ4n) is 3.03. The summed E-state index contributed by atoms with van der Waals surface area (Å²) in [7, 11) is 0. The van der Waals surface area contributed by atoms with E-state index in [-0.39, 0.29) is 17.4 Å². The molecule has 0 bridgehead atoms. The van der Waals surface area contributed by atoms with Crippen LogP contribution in [-0.4, -0.2) is 30.1 Å². The number of cyclic esters (lactones) is 1. The highest BCUT2D eigenvalue weighted by molar-refractivity contribution is 6.06. The third kappa shape index (κ3) is 2.77. The standard InChI is InChI=1S/C19H16FN3O3/c1-11-5-6-15(20)14-10-16(22-17(11)14)18(24)21-12-3-2-4-13(9-12)23-7-8-26-19(23)25/h2-6,9-10,22H,7-8H2,1H3,(H,21,24). The van der Waals surface area contributed by atoms with Crippen molar-refractivity contribution in [1.29, 1.82) is 0 Å². The molecule has 1 aliphatic heterocycles. The molecule has 2 amide bonds. The van der Waals surface area contributed by atoms with Gasteiger partial charge in [0.2, 0.25) is 0 Å². The van der Waals surface area contributed by atoms with E-state index < -0.39 is 6.09 Å². The third-order valence-electron chi connectivity index (χ3n) is 4.37. The first-order valence-electron chi connectivity index (χ1n) is 8.16. The Labute approximate surface area is 148 Å². The average molecular weight is 353 g/mol. The monoisotopic (exact) mass is 353 g/mol. The Bertz CT molecular complexity index is 989. The first-order chi connectivity index (χ1) is 12.5. The lowest BCUT2D eigenvalue weighted by Crippen LogP contribution is -2.23. The number of aromatic nitrogens is 1. The zero-order valence-electron chi connectivity index (χ0n) is 14.0. The highest BCUT2D eigenvalue weighted by atomic mass is 19.1. The number of benzene rings is 2. The van der Waals surface area contributed by atoms with Crippen LogP contribution < -0.4 is 10.2 Å². The molecule has 1 saturated heterocycles. The smallest absolute Gasteiger partial charge is 0.414 e. The maximum absolute atomic E-state index is 13.9. The van der Waals surface area contributed by atoms with Gasteiger partial charge in [0.1, 0.15) is 18.1 Å². The number of rotatable bonds is 3. The second-order valence-corrected chi connectivity index (χ2v) is 6.11. The number of hydrogen-bond donors (Lipinski definition) is 2. The predicted molar refractivity (Wildman–Crippen MR) is 96.1 cm³/mol. The summed E-state index contributed by atoms with van der Waals surface area (Å²) in [5, 5.41) is 3.14. The van der Waals surface area contributed by atoms with Gasteiger partial charge >= 0.3 is 6.09 Å². The molecular formula is C19H16FN3O3. The number of nitrogens with one attached hydrogen (secondary N) is 2. The van der Waals surface area contributed by atoms with Gasteiger partial charge in [0.25, 0.3) is 5.91 Å². The van der Waals surface area contributed by atoms with E-state index in [2.05, 4.69) is 10.3 Å². The van der Waals surface area contributed by atoms with E-state index in [1.165, 1.54) is 17.0 Å². The number of ether oxygens (including phenoxy) is 1. The first-order valence-corrected chi connectivity index (χ1v) is 8.16. The first kappa shape index (κ1) is 16.1. The number of aromatic amines is 1. The van der Waals surface area contributed by atoms with Gasteiger partial charge in [-0.15, -0.1) is 0 Å². The Morgan fingerprint density at radius 2 is 2.12 bits per heavy atom. The van der Waals surface area contributed by atoms with Gasteiger partial charge in [-0.3, -0.25) is 9.69 Å². The van der Waals surface area contributed by atoms with Gasteiger partial charge in [-0.2, -0.15) is 0 Å². The lowest BCUT2D eigenvalue weighted by atomic mass is 10.1. The summed E-state index contributed by atoms with van der Waals surface area (Å²) in [6.45, 7) is 2.66. The normalized spacial score (nSPS) is 13.9. The lowest BCUT2D eigenvalue weighted by molar-refractivity contribution is 0.102. The molecule has 0 unspecified atom stereocenters. The summed E-state index contributed by atoms with van der Waals surface area (Å²) in [6, 6.07) is 11.5. The molecule has 132 valence electrons. The summed E-state index contributed by atoms with van der Waals surface area (Å²) in [5.41, 5.74) is 2.89. The average Bonchev–Trinajstić information content (AvgIpc) is 3.26. The third-order valence-corrected chi connectivity index (χ3v) is 4.37. The van der Waals surface area contributed by atoms with E-state index in [0.717, 1.165) is 5.56 Å². The van der Waals surface area contributed by atoms with Gasteiger partial charge in [-0.1, -0.05) is 12.1 Å². The SMILES string of the molecule is Cc1ccc(F)c2cc(C(=O)Nc3cccc(N4CCOC4=O)c3)[nH]c12. The Morgan fingerprint density at radius 3 is 2.85 bits per heavy atom. The molecule has 3 aromatic rings. The topological polar surface area (TPSA) is 74.4 Å². The van der Waals surface area contributed by atoms with Crippen LogP contribution in [0.1, 0.15) is 16.1 Å². The van der Waals surface area contributed by atoms with Crippen molar-refractivity contribution in [2.24, 2.45) is 0 Å². The van der Waals surface area contributed by atoms with Crippen molar-refractivity contribution in [2.75, 3.05) is 23.4 Å². The van der Waals surface area contributed by atoms with Crippen LogP contribution in [-0.2, 0) is 4.74 Å². The zero-order valence-corrected chi connectivity index (χ0v) is 14.0. The van der Waals surface area contributed by atoms with E-state index in [1.54, 1.807) is 30.3 Å². The molecular weight excluding hydrogens is 337 g/mol. The van der Waals surface area contributed by atoms with Crippen molar-refractivity contribution < 1.29 is 18.7 Å². The van der Waals surface area contributed by atoms with Crippen molar-refractivity contribution in [2.45, 2.75) is 6.92 Å². The van der Waals surface area contributed by atoms with E-state index in [9.17, 15) is 14.0 Å². The van der Waals surface area contributed by atoms with E-state index >= 15 is 0 Å². The minimum absolute atomic E-state index is 0.263. The van der Waals surface area contributed by atoms with Gasteiger partial charge in [0, 0.05) is 16.8 Å². The molecule has 0 radical (unpaired) electrons. The quantitative estimate of drug-likeness (QED) is 0.752. The van der Waals surface area contributed by atoms with Crippen molar-refractivity contribution in [3.05, 3.63) is 59.5 Å². The number of H-pyrrole nitrogens is 1. The number of carbonyl (C=O) groups excluding carboxylic acids is 2. The van der Waals surface area contributed by atoms with Crippen LogP contribution in [0.25, 0.3) is 10.9 Å². The number of nitrogens with zero attached hydrogens (tertiary/aromatic N) is 1.